The summed E-state index contributed by atoms with van der Waals surface area (Å²) in [6.45, 7) is 2.80. The minimum absolute atomic E-state index is 0.0368. The fourth-order valence-electron chi connectivity index (χ4n) is 3.68. The van der Waals surface area contributed by atoms with E-state index in [-0.39, 0.29) is 18.4 Å². The molecule has 0 radical (unpaired) electrons. The van der Waals surface area contributed by atoms with Gasteiger partial charge in [0.25, 0.3) is 5.91 Å². The Balaban J connectivity index is 1.23. The second-order valence-electron chi connectivity index (χ2n) is 7.90. The molecule has 3 aromatic rings. The maximum atomic E-state index is 12.9. The van der Waals surface area contributed by atoms with Crippen LogP contribution in [0.3, 0.4) is 0 Å². The van der Waals surface area contributed by atoms with Gasteiger partial charge in [0, 0.05) is 42.4 Å². The molecule has 1 fully saturated rings. The summed E-state index contributed by atoms with van der Waals surface area (Å²) >= 11 is 7.86. The molecule has 7 heteroatoms. The average molecular weight is 480 g/mol. The minimum Gasteiger partial charge on any atom is -0.336 e. The number of para-hydroxylation sites is 1. The van der Waals surface area contributed by atoms with Gasteiger partial charge >= 0.3 is 0 Å². The van der Waals surface area contributed by atoms with E-state index < -0.39 is 0 Å². The minimum atomic E-state index is -0.105. The molecule has 1 aliphatic rings. The van der Waals surface area contributed by atoms with Crippen molar-refractivity contribution in [3.05, 3.63) is 95.0 Å². The van der Waals surface area contributed by atoms with Gasteiger partial charge in [-0.2, -0.15) is 0 Å². The number of carbonyl (C=O) groups excluding carboxylic acids is 2. The van der Waals surface area contributed by atoms with Gasteiger partial charge in [0.1, 0.15) is 0 Å². The lowest BCUT2D eigenvalue weighted by Gasteiger charge is -2.34. The van der Waals surface area contributed by atoms with E-state index in [1.165, 1.54) is 5.56 Å². The summed E-state index contributed by atoms with van der Waals surface area (Å²) in [6.07, 6.45) is 0. The van der Waals surface area contributed by atoms with Gasteiger partial charge in [-0.25, -0.2) is 0 Å². The van der Waals surface area contributed by atoms with E-state index in [1.54, 1.807) is 23.9 Å². The monoisotopic (exact) mass is 479 g/mol. The Hall–Kier alpha value is -2.80. The van der Waals surface area contributed by atoms with Gasteiger partial charge in [0.15, 0.2) is 0 Å². The predicted octanol–water partition coefficient (Wildman–Crippen LogP) is 5.03. The SMILES string of the molecule is O=C(CN1CCN(C(=O)c2ccc(SCc3ccccc3)cc2)CC1)Nc1ccccc1Cl. The fourth-order valence-corrected chi connectivity index (χ4v) is 4.72. The lowest BCUT2D eigenvalue weighted by molar-refractivity contribution is -0.117. The molecule has 1 N–H and O–H groups in total. The summed E-state index contributed by atoms with van der Waals surface area (Å²) in [5.74, 6) is 0.835. The van der Waals surface area contributed by atoms with E-state index in [1.807, 2.05) is 59.5 Å². The van der Waals surface area contributed by atoms with E-state index in [0.717, 1.165) is 10.6 Å². The Morgan fingerprint density at radius 2 is 1.52 bits per heavy atom. The van der Waals surface area contributed by atoms with Gasteiger partial charge in [0.05, 0.1) is 17.3 Å². The summed E-state index contributed by atoms with van der Waals surface area (Å²) < 4.78 is 0. The number of nitrogens with one attached hydrogen (secondary N) is 1. The van der Waals surface area contributed by atoms with Crippen LogP contribution in [0.1, 0.15) is 15.9 Å². The highest BCUT2D eigenvalue weighted by Gasteiger charge is 2.23. The predicted molar refractivity (Wildman–Crippen MR) is 135 cm³/mol. The average Bonchev–Trinajstić information content (AvgIpc) is 2.85. The molecular weight excluding hydrogens is 454 g/mol. The van der Waals surface area contributed by atoms with E-state index in [2.05, 4.69) is 22.3 Å². The molecule has 1 aliphatic heterocycles. The highest BCUT2D eigenvalue weighted by atomic mass is 35.5. The topological polar surface area (TPSA) is 52.7 Å². The van der Waals surface area contributed by atoms with Crippen molar-refractivity contribution in [2.45, 2.75) is 10.6 Å². The van der Waals surface area contributed by atoms with Crippen molar-refractivity contribution in [3.8, 4) is 0 Å². The first-order chi connectivity index (χ1) is 16.1. The zero-order chi connectivity index (χ0) is 23.0. The number of hydrogen-bond donors (Lipinski definition) is 1. The van der Waals surface area contributed by atoms with Crippen molar-refractivity contribution in [2.75, 3.05) is 38.0 Å². The van der Waals surface area contributed by atoms with Gasteiger partial charge in [-0.05, 0) is 42.0 Å². The Morgan fingerprint density at radius 3 is 2.21 bits per heavy atom. The van der Waals surface area contributed by atoms with Crippen molar-refractivity contribution < 1.29 is 9.59 Å². The molecule has 3 aromatic carbocycles. The summed E-state index contributed by atoms with van der Waals surface area (Å²) in [7, 11) is 0. The highest BCUT2D eigenvalue weighted by Crippen LogP contribution is 2.24. The van der Waals surface area contributed by atoms with Crippen LogP contribution in [0.4, 0.5) is 5.69 Å². The van der Waals surface area contributed by atoms with Gasteiger partial charge in [-0.15, -0.1) is 11.8 Å². The zero-order valence-electron chi connectivity index (χ0n) is 18.2. The molecule has 0 atom stereocenters. The number of halogens is 1. The van der Waals surface area contributed by atoms with E-state index >= 15 is 0 Å². The molecule has 0 spiro atoms. The molecule has 0 aliphatic carbocycles. The van der Waals surface area contributed by atoms with Gasteiger partial charge in [-0.1, -0.05) is 54.1 Å². The molecular formula is C26H26ClN3O2S. The Kier molecular flexibility index (Phi) is 8.05. The van der Waals surface area contributed by atoms with Crippen LogP contribution in [-0.4, -0.2) is 54.3 Å². The van der Waals surface area contributed by atoms with Crippen LogP contribution >= 0.6 is 23.4 Å². The van der Waals surface area contributed by atoms with E-state index in [0.29, 0.717) is 42.5 Å². The smallest absolute Gasteiger partial charge is 0.253 e. The second kappa shape index (κ2) is 11.4. The van der Waals surface area contributed by atoms with E-state index in [4.69, 9.17) is 11.6 Å². The number of anilines is 1. The standard InChI is InChI=1S/C26H26ClN3O2S/c27-23-8-4-5-9-24(23)28-25(31)18-29-14-16-30(17-15-29)26(32)21-10-12-22(13-11-21)33-19-20-6-2-1-3-7-20/h1-13H,14-19H2,(H,28,31). The van der Waals surface area contributed by atoms with Crippen molar-refractivity contribution in [1.29, 1.82) is 0 Å². The first kappa shape index (κ1) is 23.4. The normalized spacial score (nSPS) is 14.2. The van der Waals surface area contributed by atoms with Crippen molar-refractivity contribution in [3.63, 3.8) is 0 Å². The second-order valence-corrected chi connectivity index (χ2v) is 9.35. The Labute approximate surface area is 203 Å². The van der Waals surface area contributed by atoms with Gasteiger partial charge < -0.3 is 10.2 Å². The van der Waals surface area contributed by atoms with E-state index in [9.17, 15) is 9.59 Å². The number of rotatable bonds is 7. The number of hydrogen-bond acceptors (Lipinski definition) is 4. The summed E-state index contributed by atoms with van der Waals surface area (Å²) in [5.41, 5.74) is 2.59. The van der Waals surface area contributed by atoms with Crippen LogP contribution in [0.25, 0.3) is 0 Å². The number of thioether (sulfide) groups is 1. The van der Waals surface area contributed by atoms with Crippen molar-refractivity contribution in [1.82, 2.24) is 9.80 Å². The number of nitrogens with zero attached hydrogens (tertiary/aromatic N) is 2. The molecule has 0 bridgehead atoms. The van der Waals surface area contributed by atoms with Crippen molar-refractivity contribution in [2.24, 2.45) is 0 Å². The fraction of sp³-hybridized carbons (Fsp3) is 0.231. The Bertz CT molecular complexity index is 1080. The van der Waals surface area contributed by atoms with Crippen LogP contribution < -0.4 is 5.32 Å². The molecule has 0 saturated carbocycles. The van der Waals surface area contributed by atoms with Crippen LogP contribution in [-0.2, 0) is 10.5 Å². The molecule has 5 nitrogen and oxygen atoms in total. The molecule has 33 heavy (non-hydrogen) atoms. The Morgan fingerprint density at radius 1 is 0.848 bits per heavy atom. The number of amides is 2. The summed E-state index contributed by atoms with van der Waals surface area (Å²) in [5, 5.41) is 3.37. The summed E-state index contributed by atoms with van der Waals surface area (Å²) in [6, 6.07) is 25.3. The number of benzene rings is 3. The maximum Gasteiger partial charge on any atom is 0.253 e. The molecule has 0 unspecified atom stereocenters. The first-order valence-corrected chi connectivity index (χ1v) is 12.3. The third-order valence-corrected chi connectivity index (χ3v) is 6.94. The van der Waals surface area contributed by atoms with Crippen LogP contribution in [0, 0.1) is 0 Å². The molecule has 4 rings (SSSR count). The third-order valence-electron chi connectivity index (χ3n) is 5.52. The van der Waals surface area contributed by atoms with Crippen molar-refractivity contribution >= 4 is 40.9 Å². The third kappa shape index (κ3) is 6.60. The van der Waals surface area contributed by atoms with Gasteiger partial charge in [-0.3, -0.25) is 14.5 Å². The first-order valence-electron chi connectivity index (χ1n) is 10.9. The molecule has 0 aromatic heterocycles. The van der Waals surface area contributed by atoms with Crippen LogP contribution in [0.5, 0.6) is 0 Å². The molecule has 2 amide bonds. The lowest BCUT2D eigenvalue weighted by atomic mass is 10.2. The van der Waals surface area contributed by atoms with Gasteiger partial charge in [0.2, 0.25) is 5.91 Å². The molecule has 1 heterocycles. The van der Waals surface area contributed by atoms with Crippen LogP contribution in [0.15, 0.2) is 83.8 Å². The zero-order valence-corrected chi connectivity index (χ0v) is 19.8. The number of carbonyl (C=O) groups is 2. The molecule has 1 saturated heterocycles. The summed E-state index contributed by atoms with van der Waals surface area (Å²) in [4.78, 5) is 30.3. The quantitative estimate of drug-likeness (QED) is 0.483. The molecule has 170 valence electrons. The lowest BCUT2D eigenvalue weighted by Crippen LogP contribution is -2.50. The number of piperazine rings is 1. The largest absolute Gasteiger partial charge is 0.336 e. The maximum absolute atomic E-state index is 12.9. The van der Waals surface area contributed by atoms with Crippen LogP contribution in [0.2, 0.25) is 5.02 Å². The highest BCUT2D eigenvalue weighted by molar-refractivity contribution is 7.98.